The van der Waals surface area contributed by atoms with Crippen LogP contribution in [0, 0.1) is 11.8 Å². The molecule has 1 heterocycles. The third-order valence-corrected chi connectivity index (χ3v) is 4.54. The molecular formula is C15H32N2. The molecule has 2 heteroatoms. The van der Waals surface area contributed by atoms with Crippen LogP contribution in [0.2, 0.25) is 0 Å². The SMILES string of the molecule is CCCC(C)N(C)CCC(C)C1CCCNC1. The highest BCUT2D eigenvalue weighted by Gasteiger charge is 2.20. The van der Waals surface area contributed by atoms with Gasteiger partial charge in [-0.1, -0.05) is 20.3 Å². The van der Waals surface area contributed by atoms with E-state index in [1.807, 2.05) is 0 Å². The van der Waals surface area contributed by atoms with Gasteiger partial charge in [0.25, 0.3) is 0 Å². The Labute approximate surface area is 108 Å². The molecule has 1 N–H and O–H groups in total. The predicted molar refractivity (Wildman–Crippen MR) is 76.4 cm³/mol. The van der Waals surface area contributed by atoms with Gasteiger partial charge in [0.15, 0.2) is 0 Å². The number of hydrogen-bond acceptors (Lipinski definition) is 2. The highest BCUT2D eigenvalue weighted by molar-refractivity contribution is 4.75. The number of piperidine rings is 1. The van der Waals surface area contributed by atoms with Crippen LogP contribution in [0.25, 0.3) is 0 Å². The standard InChI is InChI=1S/C15H32N2/c1-5-7-14(3)17(4)11-9-13(2)15-8-6-10-16-12-15/h13-16H,5-12H2,1-4H3. The fourth-order valence-corrected chi connectivity index (χ4v) is 2.87. The molecule has 0 saturated carbocycles. The Morgan fingerprint density at radius 2 is 2.06 bits per heavy atom. The summed E-state index contributed by atoms with van der Waals surface area (Å²) < 4.78 is 0. The maximum Gasteiger partial charge on any atom is 0.00637 e. The van der Waals surface area contributed by atoms with Crippen LogP contribution >= 0.6 is 0 Å². The summed E-state index contributed by atoms with van der Waals surface area (Å²) in [5.41, 5.74) is 0. The summed E-state index contributed by atoms with van der Waals surface area (Å²) in [5, 5.41) is 3.53. The molecule has 1 saturated heterocycles. The quantitative estimate of drug-likeness (QED) is 0.735. The van der Waals surface area contributed by atoms with Crippen molar-refractivity contribution in [3.8, 4) is 0 Å². The molecule has 17 heavy (non-hydrogen) atoms. The summed E-state index contributed by atoms with van der Waals surface area (Å²) in [7, 11) is 2.28. The second-order valence-corrected chi connectivity index (χ2v) is 5.99. The van der Waals surface area contributed by atoms with E-state index in [1.165, 1.54) is 51.7 Å². The van der Waals surface area contributed by atoms with Gasteiger partial charge >= 0.3 is 0 Å². The lowest BCUT2D eigenvalue weighted by Gasteiger charge is -2.31. The Morgan fingerprint density at radius 1 is 1.29 bits per heavy atom. The summed E-state index contributed by atoms with van der Waals surface area (Å²) >= 11 is 0. The minimum Gasteiger partial charge on any atom is -0.316 e. The maximum atomic E-state index is 3.53. The number of hydrogen-bond donors (Lipinski definition) is 1. The predicted octanol–water partition coefficient (Wildman–Crippen LogP) is 3.13. The van der Waals surface area contributed by atoms with E-state index < -0.39 is 0 Å². The molecule has 0 aromatic carbocycles. The van der Waals surface area contributed by atoms with Crippen LogP contribution in [0.3, 0.4) is 0 Å². The Morgan fingerprint density at radius 3 is 2.65 bits per heavy atom. The topological polar surface area (TPSA) is 15.3 Å². The molecule has 0 amide bonds. The fraction of sp³-hybridized carbons (Fsp3) is 1.00. The van der Waals surface area contributed by atoms with Crippen LogP contribution < -0.4 is 5.32 Å². The first-order chi connectivity index (χ1) is 8.15. The number of nitrogens with zero attached hydrogens (tertiary/aromatic N) is 1. The van der Waals surface area contributed by atoms with Gasteiger partial charge in [-0.3, -0.25) is 0 Å². The minimum atomic E-state index is 0.747. The van der Waals surface area contributed by atoms with Gasteiger partial charge in [-0.2, -0.15) is 0 Å². The molecular weight excluding hydrogens is 208 g/mol. The first-order valence-electron chi connectivity index (χ1n) is 7.56. The summed E-state index contributed by atoms with van der Waals surface area (Å²) in [4.78, 5) is 2.54. The van der Waals surface area contributed by atoms with Crippen LogP contribution in [0.1, 0.15) is 52.9 Å². The van der Waals surface area contributed by atoms with E-state index in [0.29, 0.717) is 0 Å². The first kappa shape index (κ1) is 15.0. The summed E-state index contributed by atoms with van der Waals surface area (Å²) in [6.45, 7) is 10.8. The Hall–Kier alpha value is -0.0800. The molecule has 1 fully saturated rings. The lowest BCUT2D eigenvalue weighted by atomic mass is 9.85. The van der Waals surface area contributed by atoms with Gasteiger partial charge in [-0.15, -0.1) is 0 Å². The van der Waals surface area contributed by atoms with Gasteiger partial charge in [0, 0.05) is 6.04 Å². The maximum absolute atomic E-state index is 3.53. The average molecular weight is 240 g/mol. The molecule has 0 aromatic heterocycles. The van der Waals surface area contributed by atoms with Gasteiger partial charge < -0.3 is 10.2 Å². The van der Waals surface area contributed by atoms with Crippen molar-refractivity contribution >= 4 is 0 Å². The smallest absolute Gasteiger partial charge is 0.00637 e. The fourth-order valence-electron chi connectivity index (χ4n) is 2.87. The lowest BCUT2D eigenvalue weighted by molar-refractivity contribution is 0.198. The summed E-state index contributed by atoms with van der Waals surface area (Å²) in [5.74, 6) is 1.79. The number of rotatable bonds is 7. The molecule has 0 spiro atoms. The molecule has 2 nitrogen and oxygen atoms in total. The van der Waals surface area contributed by atoms with E-state index in [9.17, 15) is 0 Å². The molecule has 3 atom stereocenters. The molecule has 3 unspecified atom stereocenters. The zero-order chi connectivity index (χ0) is 12.7. The van der Waals surface area contributed by atoms with Crippen molar-refractivity contribution < 1.29 is 0 Å². The monoisotopic (exact) mass is 240 g/mol. The van der Waals surface area contributed by atoms with E-state index in [-0.39, 0.29) is 0 Å². The van der Waals surface area contributed by atoms with Crippen molar-refractivity contribution in [1.29, 1.82) is 0 Å². The van der Waals surface area contributed by atoms with Crippen LogP contribution in [-0.4, -0.2) is 37.6 Å². The van der Waals surface area contributed by atoms with E-state index in [4.69, 9.17) is 0 Å². The van der Waals surface area contributed by atoms with E-state index in [2.05, 4.69) is 38.0 Å². The molecule has 0 aliphatic carbocycles. The Balaban J connectivity index is 2.19. The van der Waals surface area contributed by atoms with Crippen LogP contribution in [0.15, 0.2) is 0 Å². The molecule has 1 aliphatic rings. The van der Waals surface area contributed by atoms with Gasteiger partial charge in [0.2, 0.25) is 0 Å². The van der Waals surface area contributed by atoms with Gasteiger partial charge in [0.05, 0.1) is 0 Å². The zero-order valence-electron chi connectivity index (χ0n) is 12.3. The largest absolute Gasteiger partial charge is 0.316 e. The molecule has 1 aliphatic heterocycles. The van der Waals surface area contributed by atoms with Crippen molar-refractivity contribution in [2.75, 3.05) is 26.7 Å². The molecule has 1 rings (SSSR count). The molecule has 102 valence electrons. The Bertz CT molecular complexity index is 187. The Kier molecular flexibility index (Phi) is 7.14. The summed E-state index contributed by atoms with van der Waals surface area (Å²) in [6, 6.07) is 0.747. The molecule has 0 aromatic rings. The van der Waals surface area contributed by atoms with Gasteiger partial charge in [-0.25, -0.2) is 0 Å². The average Bonchev–Trinajstić information content (AvgIpc) is 2.36. The van der Waals surface area contributed by atoms with Gasteiger partial charge in [0.1, 0.15) is 0 Å². The second-order valence-electron chi connectivity index (χ2n) is 5.99. The first-order valence-corrected chi connectivity index (χ1v) is 7.56. The normalized spacial score (nSPS) is 24.9. The third-order valence-electron chi connectivity index (χ3n) is 4.54. The molecule has 0 bridgehead atoms. The van der Waals surface area contributed by atoms with Crippen molar-refractivity contribution in [1.82, 2.24) is 10.2 Å². The highest BCUT2D eigenvalue weighted by Crippen LogP contribution is 2.22. The van der Waals surface area contributed by atoms with E-state index >= 15 is 0 Å². The van der Waals surface area contributed by atoms with E-state index in [0.717, 1.165) is 17.9 Å². The van der Waals surface area contributed by atoms with Crippen LogP contribution in [0.5, 0.6) is 0 Å². The highest BCUT2D eigenvalue weighted by atomic mass is 15.1. The van der Waals surface area contributed by atoms with Crippen molar-refractivity contribution in [3.63, 3.8) is 0 Å². The minimum absolute atomic E-state index is 0.747. The lowest BCUT2D eigenvalue weighted by Crippen LogP contribution is -2.36. The second kappa shape index (κ2) is 8.10. The molecule has 0 radical (unpaired) electrons. The third kappa shape index (κ3) is 5.39. The number of nitrogens with one attached hydrogen (secondary N) is 1. The van der Waals surface area contributed by atoms with E-state index in [1.54, 1.807) is 0 Å². The van der Waals surface area contributed by atoms with Crippen molar-refractivity contribution in [2.24, 2.45) is 11.8 Å². The van der Waals surface area contributed by atoms with Crippen LogP contribution in [-0.2, 0) is 0 Å². The van der Waals surface area contributed by atoms with Crippen LogP contribution in [0.4, 0.5) is 0 Å². The van der Waals surface area contributed by atoms with Gasteiger partial charge in [-0.05, 0) is 71.1 Å². The summed E-state index contributed by atoms with van der Waals surface area (Å²) in [6.07, 6.45) is 6.79. The zero-order valence-corrected chi connectivity index (χ0v) is 12.3. The van der Waals surface area contributed by atoms with Crippen molar-refractivity contribution in [3.05, 3.63) is 0 Å². The van der Waals surface area contributed by atoms with Crippen molar-refractivity contribution in [2.45, 2.75) is 58.9 Å².